The Labute approximate surface area is 457 Å². The fourth-order valence-electron chi connectivity index (χ4n) is 8.62. The van der Waals surface area contributed by atoms with Gasteiger partial charge in [-0.25, -0.2) is 0 Å². The number of unbranched alkanes of at least 4 members (excludes halogenated alkanes) is 29. The van der Waals surface area contributed by atoms with Crippen molar-refractivity contribution in [2.75, 3.05) is 13.2 Å². The Morgan fingerprint density at radius 2 is 0.554 bits per heavy atom. The van der Waals surface area contributed by atoms with Gasteiger partial charge in [0.15, 0.2) is 6.10 Å². The normalized spacial score (nSPS) is 12.7. The van der Waals surface area contributed by atoms with Gasteiger partial charge in [-0.2, -0.15) is 0 Å². The maximum Gasteiger partial charge on any atom is 0.306 e. The van der Waals surface area contributed by atoms with Gasteiger partial charge in [-0.1, -0.05) is 259 Å². The van der Waals surface area contributed by atoms with E-state index >= 15 is 0 Å². The zero-order chi connectivity index (χ0) is 53.6. The smallest absolute Gasteiger partial charge is 0.306 e. The van der Waals surface area contributed by atoms with Gasteiger partial charge in [0.2, 0.25) is 0 Å². The quantitative estimate of drug-likeness (QED) is 0.0261. The third-order valence-corrected chi connectivity index (χ3v) is 13.3. The molecule has 0 saturated carbocycles. The second-order valence-corrected chi connectivity index (χ2v) is 20.6. The van der Waals surface area contributed by atoms with E-state index in [2.05, 4.69) is 118 Å². The molecule has 1 unspecified atom stereocenters. The maximum atomic E-state index is 12.8. The van der Waals surface area contributed by atoms with Crippen LogP contribution >= 0.6 is 0 Å². The first-order valence-electron chi connectivity index (χ1n) is 31.2. The summed E-state index contributed by atoms with van der Waals surface area (Å²) in [6, 6.07) is 0. The molecule has 0 spiro atoms. The predicted octanol–water partition coefficient (Wildman–Crippen LogP) is 21.3. The Morgan fingerprint density at radius 1 is 0.284 bits per heavy atom. The minimum absolute atomic E-state index is 0.0829. The molecule has 74 heavy (non-hydrogen) atoms. The van der Waals surface area contributed by atoms with Crippen LogP contribution in [0, 0.1) is 0 Å². The lowest BCUT2D eigenvalue weighted by Crippen LogP contribution is -2.30. The van der Waals surface area contributed by atoms with Gasteiger partial charge >= 0.3 is 17.9 Å². The van der Waals surface area contributed by atoms with E-state index in [0.717, 1.165) is 122 Å². The number of ether oxygens (including phenoxy) is 3. The highest BCUT2D eigenvalue weighted by Crippen LogP contribution is 2.16. The predicted molar refractivity (Wildman–Crippen MR) is 320 cm³/mol. The fraction of sp³-hybridized carbons (Fsp3) is 0.721. The van der Waals surface area contributed by atoms with Gasteiger partial charge < -0.3 is 14.2 Å². The molecule has 424 valence electrons. The molecule has 1 atom stereocenters. The summed E-state index contributed by atoms with van der Waals surface area (Å²) in [5.74, 6) is -0.898. The van der Waals surface area contributed by atoms with Gasteiger partial charge in [-0.05, 0) is 116 Å². The molecule has 0 radical (unpaired) electrons. The summed E-state index contributed by atoms with van der Waals surface area (Å²) in [5.41, 5.74) is 0. The molecule has 0 N–H and O–H groups in total. The van der Waals surface area contributed by atoms with E-state index in [4.69, 9.17) is 14.2 Å². The van der Waals surface area contributed by atoms with Crippen LogP contribution in [0.2, 0.25) is 0 Å². The first-order valence-corrected chi connectivity index (χ1v) is 31.2. The zero-order valence-corrected chi connectivity index (χ0v) is 48.6. The minimum atomic E-state index is -0.785. The van der Waals surface area contributed by atoms with Crippen molar-refractivity contribution >= 4 is 17.9 Å². The maximum absolute atomic E-state index is 12.8. The standard InChI is InChI=1S/C68H116O6/c1-4-7-10-13-16-19-22-24-26-27-28-29-30-31-32-33-34-35-36-37-38-39-40-41-43-44-46-49-52-55-58-61-67(70)73-64-65(63-72-66(69)60-57-54-51-48-21-18-15-12-9-6-3)74-68(71)62-59-56-53-50-47-45-42-25-23-20-17-14-11-8-5-2/h7,10,12,15-16,19,24-26,28-29,31-32,34-35,42,65H,4-6,8-9,11,13-14,17-18,20-23,27,30,33,36-41,43-64H2,1-3H3/b10-7-,15-12-,19-16-,26-24-,29-28-,32-31-,35-34-,42-25-. The number of rotatable bonds is 56. The summed E-state index contributed by atoms with van der Waals surface area (Å²) in [6.07, 6.45) is 82.8. The lowest BCUT2D eigenvalue weighted by molar-refractivity contribution is -0.167. The number of allylic oxidation sites excluding steroid dienone is 16. The first kappa shape index (κ1) is 70.3. The highest BCUT2D eigenvalue weighted by molar-refractivity contribution is 5.71. The molecule has 6 heteroatoms. The molecule has 0 aliphatic heterocycles. The second-order valence-electron chi connectivity index (χ2n) is 20.6. The van der Waals surface area contributed by atoms with Crippen molar-refractivity contribution < 1.29 is 28.6 Å². The van der Waals surface area contributed by atoms with Crippen molar-refractivity contribution in [3.8, 4) is 0 Å². The minimum Gasteiger partial charge on any atom is -0.462 e. The van der Waals surface area contributed by atoms with Crippen molar-refractivity contribution in [2.24, 2.45) is 0 Å². The number of esters is 3. The van der Waals surface area contributed by atoms with Gasteiger partial charge in [-0.3, -0.25) is 14.4 Å². The first-order chi connectivity index (χ1) is 36.5. The molecular formula is C68H116O6. The third kappa shape index (κ3) is 59.2. The molecule has 0 aliphatic carbocycles. The Morgan fingerprint density at radius 3 is 0.892 bits per heavy atom. The Kier molecular flexibility index (Phi) is 58.8. The lowest BCUT2D eigenvalue weighted by atomic mass is 10.0. The van der Waals surface area contributed by atoms with Gasteiger partial charge in [0.05, 0.1) is 0 Å². The van der Waals surface area contributed by atoms with Crippen LogP contribution in [0.15, 0.2) is 97.2 Å². The Balaban J connectivity index is 4.18. The van der Waals surface area contributed by atoms with Crippen molar-refractivity contribution in [3.05, 3.63) is 97.2 Å². The number of hydrogen-bond acceptors (Lipinski definition) is 6. The van der Waals surface area contributed by atoms with Crippen LogP contribution in [-0.2, 0) is 28.6 Å². The third-order valence-electron chi connectivity index (χ3n) is 13.3. The SMILES string of the molecule is CC/C=C\C/C=C\C/C=C\C/C=C\C/C=C\C/C=C\CCCCCCCCCCCCCCC(=O)OCC(COC(=O)CCCCCCC/C=C\CCC)OC(=O)CCCCCCC/C=C\CCCCCCCC. The lowest BCUT2D eigenvalue weighted by Gasteiger charge is -2.18. The van der Waals surface area contributed by atoms with E-state index in [-0.39, 0.29) is 31.1 Å². The summed E-state index contributed by atoms with van der Waals surface area (Å²) in [5, 5.41) is 0. The molecule has 0 aliphatic rings. The van der Waals surface area contributed by atoms with Crippen LogP contribution < -0.4 is 0 Å². The van der Waals surface area contributed by atoms with E-state index < -0.39 is 6.10 Å². The molecule has 0 rings (SSSR count). The monoisotopic (exact) mass is 1030 g/mol. The molecule has 0 fully saturated rings. The summed E-state index contributed by atoms with van der Waals surface area (Å²) in [7, 11) is 0. The average Bonchev–Trinajstić information content (AvgIpc) is 3.40. The largest absolute Gasteiger partial charge is 0.462 e. The molecule has 0 aromatic rings. The topological polar surface area (TPSA) is 78.9 Å². The van der Waals surface area contributed by atoms with Crippen molar-refractivity contribution in [1.29, 1.82) is 0 Å². The van der Waals surface area contributed by atoms with Gasteiger partial charge in [0.1, 0.15) is 13.2 Å². The Hall–Kier alpha value is -3.67. The van der Waals surface area contributed by atoms with Crippen LogP contribution in [0.25, 0.3) is 0 Å². The van der Waals surface area contributed by atoms with Crippen LogP contribution in [-0.4, -0.2) is 37.2 Å². The summed E-state index contributed by atoms with van der Waals surface area (Å²) in [4.78, 5) is 38.1. The fourth-order valence-corrected chi connectivity index (χ4v) is 8.62. The van der Waals surface area contributed by atoms with E-state index in [1.807, 2.05) is 0 Å². The molecule has 6 nitrogen and oxygen atoms in total. The van der Waals surface area contributed by atoms with E-state index in [0.29, 0.717) is 19.3 Å². The van der Waals surface area contributed by atoms with Gasteiger partial charge in [0, 0.05) is 19.3 Å². The second kappa shape index (κ2) is 61.9. The van der Waals surface area contributed by atoms with Crippen molar-refractivity contribution in [2.45, 2.75) is 303 Å². The molecule has 0 aromatic carbocycles. The number of carbonyl (C=O) groups is 3. The van der Waals surface area contributed by atoms with Gasteiger partial charge in [0.25, 0.3) is 0 Å². The van der Waals surface area contributed by atoms with Crippen LogP contribution in [0.3, 0.4) is 0 Å². The van der Waals surface area contributed by atoms with Crippen LogP contribution in [0.4, 0.5) is 0 Å². The van der Waals surface area contributed by atoms with E-state index in [9.17, 15) is 14.4 Å². The van der Waals surface area contributed by atoms with Gasteiger partial charge in [-0.15, -0.1) is 0 Å². The van der Waals surface area contributed by atoms with Crippen molar-refractivity contribution in [3.63, 3.8) is 0 Å². The summed E-state index contributed by atoms with van der Waals surface area (Å²) in [6.45, 7) is 6.46. The Bertz CT molecular complexity index is 1460. The highest BCUT2D eigenvalue weighted by Gasteiger charge is 2.19. The zero-order valence-electron chi connectivity index (χ0n) is 48.6. The highest BCUT2D eigenvalue weighted by atomic mass is 16.6. The molecular weight excluding hydrogens is 913 g/mol. The molecule has 0 aromatic heterocycles. The number of carbonyl (C=O) groups excluding carboxylic acids is 3. The molecule has 0 bridgehead atoms. The summed E-state index contributed by atoms with van der Waals surface area (Å²) < 4.78 is 16.8. The van der Waals surface area contributed by atoms with Crippen LogP contribution in [0.1, 0.15) is 297 Å². The molecule has 0 saturated heterocycles. The summed E-state index contributed by atoms with van der Waals surface area (Å²) >= 11 is 0. The van der Waals surface area contributed by atoms with E-state index in [1.165, 1.54) is 135 Å². The van der Waals surface area contributed by atoms with Crippen LogP contribution in [0.5, 0.6) is 0 Å². The van der Waals surface area contributed by atoms with E-state index in [1.54, 1.807) is 0 Å². The molecule has 0 heterocycles. The van der Waals surface area contributed by atoms with Crippen molar-refractivity contribution in [1.82, 2.24) is 0 Å². The average molecular weight is 1030 g/mol. The number of hydrogen-bond donors (Lipinski definition) is 0. The molecule has 0 amide bonds.